The lowest BCUT2D eigenvalue weighted by molar-refractivity contribution is 0.199. The highest BCUT2D eigenvalue weighted by Gasteiger charge is 1.96. The molecule has 2 aromatic rings. The van der Waals surface area contributed by atoms with Crippen LogP contribution < -0.4 is 0 Å². The fourth-order valence-electron chi connectivity index (χ4n) is 1.79. The van der Waals surface area contributed by atoms with E-state index < -0.39 is 0 Å². The molecule has 0 aliphatic carbocycles. The first-order valence-corrected chi connectivity index (χ1v) is 5.60. The molecule has 0 amide bonds. The Hall–Kier alpha value is -1.60. The fourth-order valence-corrected chi connectivity index (χ4v) is 1.79. The maximum absolute atomic E-state index is 9.19. The van der Waals surface area contributed by atoms with Crippen molar-refractivity contribution in [1.29, 1.82) is 0 Å². The number of benzene rings is 2. The molecule has 0 spiro atoms. The maximum Gasteiger partial charge on any atom is 0.0546 e. The van der Waals surface area contributed by atoms with Crippen LogP contribution in [0.1, 0.15) is 18.9 Å². The van der Waals surface area contributed by atoms with Crippen LogP contribution in [-0.2, 0) is 0 Å². The summed E-state index contributed by atoms with van der Waals surface area (Å²) < 4.78 is 0. The molecule has 0 saturated heterocycles. The Kier molecular flexibility index (Phi) is 3.37. The van der Waals surface area contributed by atoms with Gasteiger partial charge in [-0.05, 0) is 29.7 Å². The molecule has 1 unspecified atom stereocenters. The van der Waals surface area contributed by atoms with Crippen LogP contribution in [0.25, 0.3) is 16.8 Å². The molecule has 0 aromatic heterocycles. The van der Waals surface area contributed by atoms with Crippen molar-refractivity contribution < 1.29 is 5.11 Å². The molecule has 16 heavy (non-hydrogen) atoms. The molecule has 1 heteroatoms. The van der Waals surface area contributed by atoms with Gasteiger partial charge in [0.25, 0.3) is 0 Å². The molecule has 0 aliphatic rings. The summed E-state index contributed by atoms with van der Waals surface area (Å²) in [4.78, 5) is 0. The van der Waals surface area contributed by atoms with Gasteiger partial charge in [0, 0.05) is 0 Å². The Morgan fingerprint density at radius 2 is 1.88 bits per heavy atom. The van der Waals surface area contributed by atoms with Crippen molar-refractivity contribution in [3.05, 3.63) is 54.1 Å². The first kappa shape index (κ1) is 10.9. The summed E-state index contributed by atoms with van der Waals surface area (Å²) in [5.74, 6) is 0. The molecular weight excluding hydrogens is 196 g/mol. The second-order valence-corrected chi connectivity index (χ2v) is 4.06. The van der Waals surface area contributed by atoms with Gasteiger partial charge in [-0.15, -0.1) is 0 Å². The second kappa shape index (κ2) is 4.95. The minimum Gasteiger partial charge on any atom is -0.393 e. The largest absolute Gasteiger partial charge is 0.393 e. The lowest BCUT2D eigenvalue weighted by Crippen LogP contribution is -1.95. The smallest absolute Gasteiger partial charge is 0.0546 e. The molecule has 2 aromatic carbocycles. The van der Waals surface area contributed by atoms with Crippen molar-refractivity contribution >= 4 is 16.8 Å². The first-order chi connectivity index (χ1) is 7.77. The van der Waals surface area contributed by atoms with E-state index in [1.54, 1.807) is 6.92 Å². The van der Waals surface area contributed by atoms with Gasteiger partial charge in [-0.3, -0.25) is 0 Å². The summed E-state index contributed by atoms with van der Waals surface area (Å²) in [7, 11) is 0. The van der Waals surface area contributed by atoms with Gasteiger partial charge in [0.15, 0.2) is 0 Å². The topological polar surface area (TPSA) is 20.2 Å². The number of aliphatic hydroxyl groups excluding tert-OH is 1. The average Bonchev–Trinajstić information content (AvgIpc) is 2.29. The van der Waals surface area contributed by atoms with Crippen molar-refractivity contribution in [1.82, 2.24) is 0 Å². The highest BCUT2D eigenvalue weighted by Crippen LogP contribution is 2.19. The maximum atomic E-state index is 9.19. The molecule has 1 nitrogen and oxygen atoms in total. The van der Waals surface area contributed by atoms with Crippen molar-refractivity contribution in [2.75, 3.05) is 0 Å². The summed E-state index contributed by atoms with van der Waals surface area (Å²) >= 11 is 0. The van der Waals surface area contributed by atoms with E-state index in [-0.39, 0.29) is 6.10 Å². The third-order valence-electron chi connectivity index (χ3n) is 2.60. The molecule has 0 bridgehead atoms. The molecular formula is C15H16O. The number of rotatable bonds is 3. The van der Waals surface area contributed by atoms with E-state index in [2.05, 4.69) is 36.4 Å². The van der Waals surface area contributed by atoms with Crippen LogP contribution in [0.5, 0.6) is 0 Å². The zero-order chi connectivity index (χ0) is 11.4. The zero-order valence-corrected chi connectivity index (χ0v) is 9.43. The Morgan fingerprint density at radius 3 is 2.69 bits per heavy atom. The van der Waals surface area contributed by atoms with Crippen molar-refractivity contribution in [3.8, 4) is 0 Å². The molecule has 82 valence electrons. The van der Waals surface area contributed by atoms with Crippen LogP contribution in [0.3, 0.4) is 0 Å². The van der Waals surface area contributed by atoms with Crippen LogP contribution in [0.2, 0.25) is 0 Å². The third kappa shape index (κ3) is 2.50. The van der Waals surface area contributed by atoms with E-state index >= 15 is 0 Å². The van der Waals surface area contributed by atoms with Gasteiger partial charge in [0.05, 0.1) is 6.10 Å². The predicted octanol–water partition coefficient (Wildman–Crippen LogP) is 3.62. The van der Waals surface area contributed by atoms with Gasteiger partial charge in [-0.2, -0.15) is 0 Å². The Labute approximate surface area is 96.0 Å². The van der Waals surface area contributed by atoms with E-state index in [4.69, 9.17) is 0 Å². The number of hydrogen-bond acceptors (Lipinski definition) is 1. The lowest BCUT2D eigenvalue weighted by Gasteiger charge is -2.02. The molecule has 1 atom stereocenters. The van der Waals surface area contributed by atoms with E-state index in [1.807, 2.05) is 18.2 Å². The molecule has 0 heterocycles. The number of fused-ring (bicyclic) bond motifs is 1. The molecule has 0 fully saturated rings. The molecule has 2 rings (SSSR count). The molecule has 0 aliphatic heterocycles. The summed E-state index contributed by atoms with van der Waals surface area (Å²) in [5, 5.41) is 11.7. The Morgan fingerprint density at radius 1 is 1.12 bits per heavy atom. The molecule has 0 radical (unpaired) electrons. The zero-order valence-electron chi connectivity index (χ0n) is 9.43. The average molecular weight is 212 g/mol. The Bertz CT molecular complexity index is 492. The van der Waals surface area contributed by atoms with Gasteiger partial charge in [-0.1, -0.05) is 54.6 Å². The third-order valence-corrected chi connectivity index (χ3v) is 2.60. The number of aliphatic hydroxyl groups is 1. The second-order valence-electron chi connectivity index (χ2n) is 4.06. The molecule has 1 N–H and O–H groups in total. The monoisotopic (exact) mass is 212 g/mol. The SMILES string of the molecule is CC(O)C/C=C/c1cccc2ccccc12. The van der Waals surface area contributed by atoms with Crippen LogP contribution in [0.15, 0.2) is 48.5 Å². The Balaban J connectivity index is 2.34. The molecule has 0 saturated carbocycles. The summed E-state index contributed by atoms with van der Waals surface area (Å²) in [5.41, 5.74) is 1.21. The van der Waals surface area contributed by atoms with E-state index in [0.29, 0.717) is 6.42 Å². The highest BCUT2D eigenvalue weighted by molar-refractivity contribution is 5.90. The van der Waals surface area contributed by atoms with E-state index in [0.717, 1.165) is 0 Å². The normalized spacial score (nSPS) is 13.4. The van der Waals surface area contributed by atoms with Crippen molar-refractivity contribution in [2.24, 2.45) is 0 Å². The van der Waals surface area contributed by atoms with Gasteiger partial charge in [0.2, 0.25) is 0 Å². The van der Waals surface area contributed by atoms with Crippen molar-refractivity contribution in [2.45, 2.75) is 19.4 Å². The summed E-state index contributed by atoms with van der Waals surface area (Å²) in [6.07, 6.45) is 4.52. The van der Waals surface area contributed by atoms with Crippen LogP contribution in [-0.4, -0.2) is 11.2 Å². The fraction of sp³-hybridized carbons (Fsp3) is 0.200. The predicted molar refractivity (Wildman–Crippen MR) is 69.3 cm³/mol. The quantitative estimate of drug-likeness (QED) is 0.823. The van der Waals surface area contributed by atoms with Crippen LogP contribution in [0.4, 0.5) is 0 Å². The summed E-state index contributed by atoms with van der Waals surface area (Å²) in [6, 6.07) is 14.6. The van der Waals surface area contributed by atoms with Crippen molar-refractivity contribution in [3.63, 3.8) is 0 Å². The number of hydrogen-bond donors (Lipinski definition) is 1. The lowest BCUT2D eigenvalue weighted by atomic mass is 10.0. The van der Waals surface area contributed by atoms with Gasteiger partial charge in [0.1, 0.15) is 0 Å². The van der Waals surface area contributed by atoms with Crippen LogP contribution >= 0.6 is 0 Å². The van der Waals surface area contributed by atoms with Gasteiger partial charge >= 0.3 is 0 Å². The summed E-state index contributed by atoms with van der Waals surface area (Å²) in [6.45, 7) is 1.80. The minimum absolute atomic E-state index is 0.272. The van der Waals surface area contributed by atoms with Crippen LogP contribution in [0, 0.1) is 0 Å². The highest BCUT2D eigenvalue weighted by atomic mass is 16.3. The van der Waals surface area contributed by atoms with E-state index in [1.165, 1.54) is 16.3 Å². The standard InChI is InChI=1S/C15H16O/c1-12(16)6-4-8-14-10-5-9-13-7-2-3-11-15(13)14/h2-5,7-12,16H,6H2,1H3/b8-4+. The van der Waals surface area contributed by atoms with Gasteiger partial charge < -0.3 is 5.11 Å². The van der Waals surface area contributed by atoms with Gasteiger partial charge in [-0.25, -0.2) is 0 Å². The van der Waals surface area contributed by atoms with E-state index in [9.17, 15) is 5.11 Å². The minimum atomic E-state index is -0.272. The first-order valence-electron chi connectivity index (χ1n) is 5.60.